The molecule has 0 saturated carbocycles. The van der Waals surface area contributed by atoms with E-state index in [9.17, 15) is 8.42 Å². The second kappa shape index (κ2) is 6.51. The van der Waals surface area contributed by atoms with Crippen LogP contribution in [0.3, 0.4) is 0 Å². The SMILES string of the molecule is O=S1(=O)CCC(Nc2ccnc(Nc3cc(Cl)ccc3Cl)n2)C1. The van der Waals surface area contributed by atoms with Crippen molar-refractivity contribution in [2.45, 2.75) is 12.5 Å². The lowest BCUT2D eigenvalue weighted by Crippen LogP contribution is -2.21. The summed E-state index contributed by atoms with van der Waals surface area (Å²) in [5.74, 6) is 1.24. The Morgan fingerprint density at radius 2 is 2.04 bits per heavy atom. The third-order valence-corrected chi connectivity index (χ3v) is 5.75. The van der Waals surface area contributed by atoms with Crippen molar-refractivity contribution in [1.82, 2.24) is 9.97 Å². The highest BCUT2D eigenvalue weighted by Gasteiger charge is 2.27. The molecule has 122 valence electrons. The third kappa shape index (κ3) is 4.25. The topological polar surface area (TPSA) is 84.0 Å². The minimum atomic E-state index is -2.94. The zero-order chi connectivity index (χ0) is 16.4. The summed E-state index contributed by atoms with van der Waals surface area (Å²) in [5, 5.41) is 7.16. The first-order chi connectivity index (χ1) is 10.9. The van der Waals surface area contributed by atoms with Gasteiger partial charge in [0.15, 0.2) is 9.84 Å². The fraction of sp³-hybridized carbons (Fsp3) is 0.286. The Hall–Kier alpha value is -1.57. The first kappa shape index (κ1) is 16.3. The second-order valence-corrected chi connectivity index (χ2v) is 8.33. The minimum Gasteiger partial charge on any atom is -0.366 e. The molecule has 9 heteroatoms. The van der Waals surface area contributed by atoms with Crippen molar-refractivity contribution >= 4 is 50.5 Å². The molecule has 1 saturated heterocycles. The first-order valence-electron chi connectivity index (χ1n) is 6.93. The minimum absolute atomic E-state index is 0.125. The van der Waals surface area contributed by atoms with Crippen LogP contribution >= 0.6 is 23.2 Å². The molecular formula is C14H14Cl2N4O2S. The van der Waals surface area contributed by atoms with E-state index in [0.717, 1.165) is 0 Å². The van der Waals surface area contributed by atoms with Gasteiger partial charge in [-0.15, -0.1) is 0 Å². The molecule has 1 aromatic carbocycles. The summed E-state index contributed by atoms with van der Waals surface area (Å²) < 4.78 is 23.0. The molecule has 3 rings (SSSR count). The number of nitrogens with one attached hydrogen (secondary N) is 2. The molecule has 6 nitrogen and oxygen atoms in total. The average Bonchev–Trinajstić information content (AvgIpc) is 2.82. The molecule has 2 heterocycles. The standard InChI is InChI=1S/C14H14Cl2N4O2S/c15-9-1-2-11(16)12(7-9)19-14-17-5-3-13(20-14)18-10-4-6-23(21,22)8-10/h1-3,5,7,10H,4,6,8H2,(H2,17,18,19,20). The summed E-state index contributed by atoms with van der Waals surface area (Å²) in [6.45, 7) is 0. The van der Waals surface area contributed by atoms with Crippen LogP contribution in [0, 0.1) is 0 Å². The van der Waals surface area contributed by atoms with E-state index in [4.69, 9.17) is 23.2 Å². The van der Waals surface area contributed by atoms with Crippen molar-refractivity contribution in [1.29, 1.82) is 0 Å². The molecule has 0 radical (unpaired) electrons. The maximum atomic E-state index is 11.5. The lowest BCUT2D eigenvalue weighted by atomic mass is 10.2. The van der Waals surface area contributed by atoms with Gasteiger partial charge in [-0.2, -0.15) is 4.98 Å². The zero-order valence-corrected chi connectivity index (χ0v) is 14.3. The van der Waals surface area contributed by atoms with E-state index in [2.05, 4.69) is 20.6 Å². The van der Waals surface area contributed by atoms with E-state index in [0.29, 0.717) is 33.9 Å². The third-order valence-electron chi connectivity index (χ3n) is 3.41. The lowest BCUT2D eigenvalue weighted by molar-refractivity contribution is 0.602. The highest BCUT2D eigenvalue weighted by molar-refractivity contribution is 7.91. The van der Waals surface area contributed by atoms with Gasteiger partial charge < -0.3 is 10.6 Å². The molecule has 0 aliphatic carbocycles. The number of hydrogen-bond donors (Lipinski definition) is 2. The molecule has 1 aliphatic rings. The summed E-state index contributed by atoms with van der Waals surface area (Å²) in [6, 6.07) is 6.61. The largest absolute Gasteiger partial charge is 0.366 e. The van der Waals surface area contributed by atoms with E-state index in [1.165, 1.54) is 0 Å². The summed E-state index contributed by atoms with van der Waals surface area (Å²) in [4.78, 5) is 8.45. The number of nitrogens with zero attached hydrogens (tertiary/aromatic N) is 2. The molecule has 1 fully saturated rings. The molecule has 1 aliphatic heterocycles. The fourth-order valence-electron chi connectivity index (χ4n) is 2.33. The molecule has 1 aromatic heterocycles. The number of sulfone groups is 1. The van der Waals surface area contributed by atoms with Gasteiger partial charge in [0.05, 0.1) is 22.2 Å². The average molecular weight is 373 g/mol. The van der Waals surface area contributed by atoms with Crippen molar-refractivity contribution in [3.8, 4) is 0 Å². The Kier molecular flexibility index (Phi) is 4.61. The van der Waals surface area contributed by atoms with Crippen LogP contribution in [0.5, 0.6) is 0 Å². The molecule has 1 unspecified atom stereocenters. The van der Waals surface area contributed by atoms with Gasteiger partial charge in [-0.1, -0.05) is 23.2 Å². The van der Waals surface area contributed by atoms with Crippen molar-refractivity contribution in [2.75, 3.05) is 22.1 Å². The summed E-state index contributed by atoms with van der Waals surface area (Å²) >= 11 is 12.0. The fourth-order valence-corrected chi connectivity index (χ4v) is 4.34. The van der Waals surface area contributed by atoms with Crippen LogP contribution < -0.4 is 10.6 Å². The van der Waals surface area contributed by atoms with Crippen molar-refractivity contribution in [3.05, 3.63) is 40.5 Å². The Morgan fingerprint density at radius 3 is 2.78 bits per heavy atom. The number of halogens is 2. The van der Waals surface area contributed by atoms with E-state index < -0.39 is 9.84 Å². The van der Waals surface area contributed by atoms with Crippen LogP contribution in [0.15, 0.2) is 30.5 Å². The number of anilines is 3. The van der Waals surface area contributed by atoms with Crippen LogP contribution in [-0.2, 0) is 9.84 Å². The van der Waals surface area contributed by atoms with E-state index in [-0.39, 0.29) is 17.5 Å². The van der Waals surface area contributed by atoms with Crippen molar-refractivity contribution < 1.29 is 8.42 Å². The van der Waals surface area contributed by atoms with Gasteiger partial charge in [0.1, 0.15) is 5.82 Å². The van der Waals surface area contributed by atoms with Crippen LogP contribution in [-0.4, -0.2) is 35.9 Å². The molecule has 23 heavy (non-hydrogen) atoms. The van der Waals surface area contributed by atoms with Crippen LogP contribution in [0.2, 0.25) is 10.0 Å². The highest BCUT2D eigenvalue weighted by Crippen LogP contribution is 2.27. The van der Waals surface area contributed by atoms with Gasteiger partial charge in [-0.05, 0) is 30.7 Å². The van der Waals surface area contributed by atoms with Gasteiger partial charge >= 0.3 is 0 Å². The maximum absolute atomic E-state index is 11.5. The van der Waals surface area contributed by atoms with Gasteiger partial charge in [0.25, 0.3) is 0 Å². The quantitative estimate of drug-likeness (QED) is 0.857. The van der Waals surface area contributed by atoms with E-state index in [1.807, 2.05) is 0 Å². The Bertz CT molecular complexity index is 829. The molecule has 0 spiro atoms. The maximum Gasteiger partial charge on any atom is 0.229 e. The van der Waals surface area contributed by atoms with Gasteiger partial charge in [-0.25, -0.2) is 13.4 Å². The van der Waals surface area contributed by atoms with Gasteiger partial charge in [0.2, 0.25) is 5.95 Å². The van der Waals surface area contributed by atoms with Crippen LogP contribution in [0.4, 0.5) is 17.5 Å². The first-order valence-corrected chi connectivity index (χ1v) is 9.51. The summed E-state index contributed by atoms with van der Waals surface area (Å²) in [5.41, 5.74) is 0.597. The van der Waals surface area contributed by atoms with Gasteiger partial charge in [-0.3, -0.25) is 0 Å². The van der Waals surface area contributed by atoms with Crippen molar-refractivity contribution in [2.24, 2.45) is 0 Å². The molecule has 0 bridgehead atoms. The molecule has 1 atom stereocenters. The van der Waals surface area contributed by atoms with E-state index in [1.54, 1.807) is 30.5 Å². The number of hydrogen-bond acceptors (Lipinski definition) is 6. The summed E-state index contributed by atoms with van der Waals surface area (Å²) in [6.07, 6.45) is 2.16. The van der Waals surface area contributed by atoms with Crippen molar-refractivity contribution in [3.63, 3.8) is 0 Å². The molecule has 0 amide bonds. The highest BCUT2D eigenvalue weighted by atomic mass is 35.5. The lowest BCUT2D eigenvalue weighted by Gasteiger charge is -2.13. The summed E-state index contributed by atoms with van der Waals surface area (Å²) in [7, 11) is -2.94. The monoisotopic (exact) mass is 372 g/mol. The Balaban J connectivity index is 1.74. The van der Waals surface area contributed by atoms with Gasteiger partial charge in [0, 0.05) is 17.3 Å². The van der Waals surface area contributed by atoms with Crippen LogP contribution in [0.25, 0.3) is 0 Å². The molecular weight excluding hydrogens is 359 g/mol. The van der Waals surface area contributed by atoms with Crippen LogP contribution in [0.1, 0.15) is 6.42 Å². The Morgan fingerprint density at radius 1 is 1.22 bits per heavy atom. The normalized spacial score (nSPS) is 19.5. The Labute approximate surface area is 144 Å². The number of aromatic nitrogens is 2. The number of benzene rings is 1. The zero-order valence-electron chi connectivity index (χ0n) is 12.0. The number of rotatable bonds is 4. The molecule has 2 N–H and O–H groups in total. The molecule has 2 aromatic rings. The van der Waals surface area contributed by atoms with E-state index >= 15 is 0 Å². The predicted octanol–water partition coefficient (Wildman–Crippen LogP) is 3.13. The predicted molar refractivity (Wildman–Crippen MR) is 92.5 cm³/mol. The smallest absolute Gasteiger partial charge is 0.229 e. The second-order valence-electron chi connectivity index (χ2n) is 5.26.